The first-order valence-corrected chi connectivity index (χ1v) is 10.4. The minimum absolute atomic E-state index is 0.0755. The van der Waals surface area contributed by atoms with Crippen molar-refractivity contribution >= 4 is 12.1 Å². The molecular formula is C26H25F3N2O2. The number of carbonyl (C=O) groups excluding carboxylic acids is 1. The van der Waals surface area contributed by atoms with Crippen molar-refractivity contribution in [2.45, 2.75) is 39.0 Å². The number of hydrogen-bond donors (Lipinski definition) is 1. The lowest BCUT2D eigenvalue weighted by Gasteiger charge is -2.19. The molecule has 7 heteroatoms. The molecule has 0 spiro atoms. The van der Waals surface area contributed by atoms with Crippen LogP contribution in [0.15, 0.2) is 77.9 Å². The van der Waals surface area contributed by atoms with Gasteiger partial charge in [-0.3, -0.25) is 4.79 Å². The van der Waals surface area contributed by atoms with Crippen LogP contribution in [0.3, 0.4) is 0 Å². The van der Waals surface area contributed by atoms with E-state index >= 15 is 0 Å². The fourth-order valence-electron chi connectivity index (χ4n) is 3.00. The maximum Gasteiger partial charge on any atom is 0.416 e. The van der Waals surface area contributed by atoms with E-state index in [1.807, 2.05) is 24.3 Å². The van der Waals surface area contributed by atoms with Crippen LogP contribution >= 0.6 is 0 Å². The fourth-order valence-corrected chi connectivity index (χ4v) is 3.00. The number of hydrogen-bond acceptors (Lipinski definition) is 3. The van der Waals surface area contributed by atoms with E-state index in [-0.39, 0.29) is 11.0 Å². The van der Waals surface area contributed by atoms with Crippen LogP contribution in [0, 0.1) is 0 Å². The number of carbonyl (C=O) groups is 1. The van der Waals surface area contributed by atoms with Crippen LogP contribution in [0.5, 0.6) is 5.75 Å². The van der Waals surface area contributed by atoms with Crippen molar-refractivity contribution in [2.75, 3.05) is 0 Å². The molecule has 0 aliphatic rings. The maximum atomic E-state index is 12.8. The third kappa shape index (κ3) is 6.94. The number of ether oxygens (including phenoxy) is 1. The highest BCUT2D eigenvalue weighted by Gasteiger charge is 2.30. The number of amides is 1. The van der Waals surface area contributed by atoms with Crippen molar-refractivity contribution in [3.05, 3.63) is 101 Å². The molecule has 0 unspecified atom stereocenters. The molecule has 0 bridgehead atoms. The quantitative estimate of drug-likeness (QED) is 0.349. The van der Waals surface area contributed by atoms with Gasteiger partial charge in [0.15, 0.2) is 0 Å². The second kappa shape index (κ2) is 9.90. The van der Waals surface area contributed by atoms with E-state index in [4.69, 9.17) is 4.74 Å². The maximum absolute atomic E-state index is 12.8. The van der Waals surface area contributed by atoms with Crippen LogP contribution in [-0.4, -0.2) is 12.1 Å². The molecule has 3 aromatic carbocycles. The Kier molecular flexibility index (Phi) is 7.21. The molecule has 0 aliphatic carbocycles. The van der Waals surface area contributed by atoms with Gasteiger partial charge in [0.1, 0.15) is 12.4 Å². The zero-order chi connectivity index (χ0) is 24.1. The first kappa shape index (κ1) is 24.0. The molecule has 0 aliphatic heterocycles. The molecule has 4 nitrogen and oxygen atoms in total. The Morgan fingerprint density at radius 3 is 2.21 bits per heavy atom. The van der Waals surface area contributed by atoms with Gasteiger partial charge in [0.2, 0.25) is 0 Å². The molecule has 172 valence electrons. The zero-order valence-electron chi connectivity index (χ0n) is 18.6. The summed E-state index contributed by atoms with van der Waals surface area (Å²) in [6.45, 7) is 6.80. The van der Waals surface area contributed by atoms with Gasteiger partial charge in [-0.15, -0.1) is 0 Å². The van der Waals surface area contributed by atoms with E-state index in [0.717, 1.165) is 23.4 Å². The van der Waals surface area contributed by atoms with Gasteiger partial charge in [-0.05, 0) is 58.5 Å². The highest BCUT2D eigenvalue weighted by atomic mass is 19.4. The average Bonchev–Trinajstić information content (AvgIpc) is 2.77. The minimum Gasteiger partial charge on any atom is -0.489 e. The summed E-state index contributed by atoms with van der Waals surface area (Å²) in [5, 5.41) is 3.75. The normalized spacial score (nSPS) is 12.1. The molecule has 1 amide bonds. The molecule has 1 N–H and O–H groups in total. The lowest BCUT2D eigenvalue weighted by molar-refractivity contribution is -0.137. The van der Waals surface area contributed by atoms with Crippen molar-refractivity contribution in [1.29, 1.82) is 0 Å². The number of alkyl halides is 3. The summed E-state index contributed by atoms with van der Waals surface area (Å²) in [5.41, 5.74) is 4.33. The van der Waals surface area contributed by atoms with Gasteiger partial charge >= 0.3 is 6.18 Å². The van der Waals surface area contributed by atoms with E-state index in [1.165, 1.54) is 23.9 Å². The predicted octanol–water partition coefficient (Wildman–Crippen LogP) is 6.35. The molecule has 0 heterocycles. The lowest BCUT2D eigenvalue weighted by atomic mass is 9.87. The summed E-state index contributed by atoms with van der Waals surface area (Å²) in [7, 11) is 0. The van der Waals surface area contributed by atoms with E-state index in [1.54, 1.807) is 24.3 Å². The van der Waals surface area contributed by atoms with Crippen molar-refractivity contribution in [3.63, 3.8) is 0 Å². The van der Waals surface area contributed by atoms with Gasteiger partial charge < -0.3 is 4.74 Å². The van der Waals surface area contributed by atoms with Crippen LogP contribution in [0.2, 0.25) is 0 Å². The number of hydrazone groups is 1. The molecule has 33 heavy (non-hydrogen) atoms. The topological polar surface area (TPSA) is 50.7 Å². The smallest absolute Gasteiger partial charge is 0.416 e. The molecule has 0 atom stereocenters. The third-order valence-electron chi connectivity index (χ3n) is 4.94. The van der Waals surface area contributed by atoms with Crippen molar-refractivity contribution in [3.8, 4) is 5.75 Å². The van der Waals surface area contributed by atoms with E-state index in [0.29, 0.717) is 12.2 Å². The second-order valence-corrected chi connectivity index (χ2v) is 8.58. The van der Waals surface area contributed by atoms with Gasteiger partial charge in [0.25, 0.3) is 5.91 Å². The molecule has 0 saturated carbocycles. The largest absolute Gasteiger partial charge is 0.489 e. The van der Waals surface area contributed by atoms with Crippen LogP contribution in [-0.2, 0) is 18.2 Å². The van der Waals surface area contributed by atoms with Crippen LogP contribution in [0.25, 0.3) is 0 Å². The minimum atomic E-state index is -4.44. The molecule has 0 radical (unpaired) electrons. The molecule has 3 rings (SSSR count). The van der Waals surface area contributed by atoms with Crippen molar-refractivity contribution in [1.82, 2.24) is 5.43 Å². The zero-order valence-corrected chi connectivity index (χ0v) is 18.6. The second-order valence-electron chi connectivity index (χ2n) is 8.58. The van der Waals surface area contributed by atoms with E-state index in [9.17, 15) is 18.0 Å². The first-order chi connectivity index (χ1) is 15.5. The number of halogens is 3. The number of rotatable bonds is 6. The SMILES string of the molecule is CC(C)(C)c1ccc(OCc2ccc(C(=O)N/N=C/c3cccc(C(F)(F)F)c3)cc2)cc1. The molecule has 3 aromatic rings. The van der Waals surface area contributed by atoms with E-state index in [2.05, 4.69) is 31.3 Å². The molecule has 0 aromatic heterocycles. The van der Waals surface area contributed by atoms with Gasteiger partial charge in [-0.25, -0.2) is 5.43 Å². The van der Waals surface area contributed by atoms with Crippen LogP contribution in [0.4, 0.5) is 13.2 Å². The Bertz CT molecular complexity index is 1110. The van der Waals surface area contributed by atoms with Crippen molar-refractivity contribution < 1.29 is 22.7 Å². The highest BCUT2D eigenvalue weighted by Crippen LogP contribution is 2.29. The monoisotopic (exact) mass is 454 g/mol. The summed E-state index contributed by atoms with van der Waals surface area (Å²) < 4.78 is 44.1. The van der Waals surface area contributed by atoms with Gasteiger partial charge in [0, 0.05) is 5.56 Å². The van der Waals surface area contributed by atoms with Gasteiger partial charge in [0.05, 0.1) is 11.8 Å². The Hall–Kier alpha value is -3.61. The Labute approximate surface area is 191 Å². The number of nitrogens with one attached hydrogen (secondary N) is 1. The summed E-state index contributed by atoms with van der Waals surface area (Å²) in [5.74, 6) is 0.289. The lowest BCUT2D eigenvalue weighted by Crippen LogP contribution is -2.17. The summed E-state index contributed by atoms with van der Waals surface area (Å²) in [6.07, 6.45) is -3.27. The fraction of sp³-hybridized carbons (Fsp3) is 0.231. The Morgan fingerprint density at radius 1 is 0.939 bits per heavy atom. The Balaban J connectivity index is 1.53. The molecular weight excluding hydrogens is 429 g/mol. The van der Waals surface area contributed by atoms with E-state index < -0.39 is 17.6 Å². The number of nitrogens with zero attached hydrogens (tertiary/aromatic N) is 1. The first-order valence-electron chi connectivity index (χ1n) is 10.4. The standard InChI is InChI=1S/C26H25F3N2O2/c1-25(2,3)21-11-13-23(14-12-21)33-17-18-7-9-20(10-8-18)24(32)31-30-16-19-5-4-6-22(15-19)26(27,28)29/h4-16H,17H2,1-3H3,(H,31,32)/b30-16+. The van der Waals surface area contributed by atoms with Gasteiger partial charge in [-0.1, -0.05) is 57.2 Å². The number of benzene rings is 3. The Morgan fingerprint density at radius 2 is 1.61 bits per heavy atom. The molecule has 0 saturated heterocycles. The third-order valence-corrected chi connectivity index (χ3v) is 4.94. The van der Waals surface area contributed by atoms with Crippen LogP contribution < -0.4 is 10.2 Å². The summed E-state index contributed by atoms with van der Waals surface area (Å²) >= 11 is 0. The highest BCUT2D eigenvalue weighted by molar-refractivity contribution is 5.94. The van der Waals surface area contributed by atoms with Crippen LogP contribution in [0.1, 0.15) is 53.4 Å². The van der Waals surface area contributed by atoms with Gasteiger partial charge in [-0.2, -0.15) is 18.3 Å². The molecule has 0 fully saturated rings. The summed E-state index contributed by atoms with van der Waals surface area (Å²) in [6, 6.07) is 19.5. The average molecular weight is 454 g/mol. The van der Waals surface area contributed by atoms with Crippen molar-refractivity contribution in [2.24, 2.45) is 5.10 Å². The predicted molar refractivity (Wildman–Crippen MR) is 122 cm³/mol. The summed E-state index contributed by atoms with van der Waals surface area (Å²) in [4.78, 5) is 12.2.